The predicted octanol–water partition coefficient (Wildman–Crippen LogP) is -0.467. The van der Waals surface area contributed by atoms with Gasteiger partial charge in [-0.05, 0) is 20.4 Å². The van der Waals surface area contributed by atoms with Gasteiger partial charge in [-0.1, -0.05) is 12.2 Å². The van der Waals surface area contributed by atoms with E-state index in [9.17, 15) is 5.11 Å². The SMILES string of the molecule is C=C(C)CNC(N)=NCC1(O)CCN(C)C1. The van der Waals surface area contributed by atoms with E-state index in [1.54, 1.807) is 0 Å². The average molecular weight is 226 g/mol. The molecule has 5 nitrogen and oxygen atoms in total. The Morgan fingerprint density at radius 2 is 2.38 bits per heavy atom. The Morgan fingerprint density at radius 3 is 2.88 bits per heavy atom. The van der Waals surface area contributed by atoms with Crippen LogP contribution in [-0.4, -0.2) is 54.8 Å². The van der Waals surface area contributed by atoms with E-state index in [1.165, 1.54) is 0 Å². The summed E-state index contributed by atoms with van der Waals surface area (Å²) in [6.45, 7) is 8.21. The monoisotopic (exact) mass is 226 g/mol. The Bertz CT molecular complexity index is 290. The van der Waals surface area contributed by atoms with Gasteiger partial charge in [-0.15, -0.1) is 0 Å². The Balaban J connectivity index is 2.37. The molecule has 92 valence electrons. The minimum absolute atomic E-state index is 0.354. The number of likely N-dealkylation sites (N-methyl/N-ethyl adjacent to an activating group) is 1. The Labute approximate surface area is 97.0 Å². The van der Waals surface area contributed by atoms with Crippen molar-refractivity contribution in [2.75, 3.05) is 33.2 Å². The van der Waals surface area contributed by atoms with E-state index in [0.29, 0.717) is 25.6 Å². The van der Waals surface area contributed by atoms with Crippen LogP contribution < -0.4 is 11.1 Å². The van der Waals surface area contributed by atoms with Crippen LogP contribution in [0.15, 0.2) is 17.1 Å². The highest BCUT2D eigenvalue weighted by molar-refractivity contribution is 5.78. The van der Waals surface area contributed by atoms with Crippen molar-refractivity contribution in [3.8, 4) is 0 Å². The first kappa shape index (κ1) is 13.0. The van der Waals surface area contributed by atoms with Gasteiger partial charge < -0.3 is 21.1 Å². The standard InChI is InChI=1S/C11H22N4O/c1-9(2)6-13-10(12)14-7-11(16)4-5-15(3)8-11/h16H,1,4-8H2,2-3H3,(H3,12,13,14). The Kier molecular flexibility index (Phi) is 4.32. The van der Waals surface area contributed by atoms with Gasteiger partial charge >= 0.3 is 0 Å². The molecule has 0 radical (unpaired) electrons. The third kappa shape index (κ3) is 4.20. The van der Waals surface area contributed by atoms with Gasteiger partial charge in [0.25, 0.3) is 0 Å². The van der Waals surface area contributed by atoms with E-state index >= 15 is 0 Å². The van der Waals surface area contributed by atoms with Gasteiger partial charge in [0, 0.05) is 19.6 Å². The van der Waals surface area contributed by atoms with Crippen molar-refractivity contribution in [2.45, 2.75) is 18.9 Å². The molecule has 0 aromatic rings. The molecule has 1 fully saturated rings. The van der Waals surface area contributed by atoms with Crippen LogP contribution in [0, 0.1) is 0 Å². The molecule has 0 spiro atoms. The number of aliphatic hydroxyl groups is 1. The molecule has 1 unspecified atom stereocenters. The van der Waals surface area contributed by atoms with Crippen LogP contribution in [0.1, 0.15) is 13.3 Å². The second kappa shape index (κ2) is 5.32. The highest BCUT2D eigenvalue weighted by atomic mass is 16.3. The first-order valence-electron chi connectivity index (χ1n) is 5.50. The number of nitrogens with zero attached hydrogens (tertiary/aromatic N) is 2. The number of guanidine groups is 1. The number of aliphatic imine (C=N–C) groups is 1. The lowest BCUT2D eigenvalue weighted by Crippen LogP contribution is -2.39. The molecular weight excluding hydrogens is 204 g/mol. The summed E-state index contributed by atoms with van der Waals surface area (Å²) in [5, 5.41) is 13.1. The molecule has 4 N–H and O–H groups in total. The molecule has 1 heterocycles. The summed E-state index contributed by atoms with van der Waals surface area (Å²) in [5.41, 5.74) is 5.95. The van der Waals surface area contributed by atoms with Crippen LogP contribution in [-0.2, 0) is 0 Å². The first-order valence-corrected chi connectivity index (χ1v) is 5.50. The van der Waals surface area contributed by atoms with Gasteiger partial charge in [0.15, 0.2) is 5.96 Å². The van der Waals surface area contributed by atoms with Crippen molar-refractivity contribution in [3.63, 3.8) is 0 Å². The minimum Gasteiger partial charge on any atom is -0.387 e. The zero-order chi connectivity index (χ0) is 12.2. The summed E-state index contributed by atoms with van der Waals surface area (Å²) < 4.78 is 0. The van der Waals surface area contributed by atoms with Crippen LogP contribution in [0.25, 0.3) is 0 Å². The smallest absolute Gasteiger partial charge is 0.188 e. The fraction of sp³-hybridized carbons (Fsp3) is 0.727. The topological polar surface area (TPSA) is 73.9 Å². The molecular formula is C11H22N4O. The minimum atomic E-state index is -0.718. The molecule has 1 rings (SSSR count). The number of β-amino-alcohol motifs (C(OH)–C–C–N with tert-alkyl or cyclic N) is 1. The number of rotatable bonds is 4. The maximum absolute atomic E-state index is 10.1. The van der Waals surface area contributed by atoms with Gasteiger partial charge in [0.05, 0.1) is 12.1 Å². The summed E-state index contributed by atoms with van der Waals surface area (Å²) in [7, 11) is 1.99. The van der Waals surface area contributed by atoms with E-state index in [1.807, 2.05) is 14.0 Å². The molecule has 0 aromatic heterocycles. The molecule has 1 aliphatic rings. The van der Waals surface area contributed by atoms with Crippen LogP contribution in [0.4, 0.5) is 0 Å². The predicted molar refractivity (Wildman–Crippen MR) is 66.4 cm³/mol. The molecule has 0 saturated carbocycles. The summed E-state index contributed by atoms with van der Waals surface area (Å²) in [6, 6.07) is 0. The molecule has 1 aliphatic heterocycles. The second-order valence-corrected chi connectivity index (χ2v) is 4.72. The van der Waals surface area contributed by atoms with Crippen LogP contribution >= 0.6 is 0 Å². The number of hydrogen-bond donors (Lipinski definition) is 3. The molecule has 16 heavy (non-hydrogen) atoms. The highest BCUT2D eigenvalue weighted by Crippen LogP contribution is 2.19. The summed E-state index contributed by atoms with van der Waals surface area (Å²) in [5.74, 6) is 0.367. The number of hydrogen-bond acceptors (Lipinski definition) is 3. The lowest BCUT2D eigenvalue weighted by atomic mass is 10.0. The first-order chi connectivity index (χ1) is 7.41. The van der Waals surface area contributed by atoms with Gasteiger partial charge in [-0.3, -0.25) is 4.99 Å². The average Bonchev–Trinajstić information content (AvgIpc) is 2.53. The van der Waals surface area contributed by atoms with Crippen LogP contribution in [0.3, 0.4) is 0 Å². The van der Waals surface area contributed by atoms with Gasteiger partial charge in [0.2, 0.25) is 0 Å². The molecule has 1 saturated heterocycles. The van der Waals surface area contributed by atoms with Gasteiger partial charge in [-0.25, -0.2) is 0 Å². The quantitative estimate of drug-likeness (QED) is 0.344. The van der Waals surface area contributed by atoms with Crippen molar-refractivity contribution in [1.82, 2.24) is 10.2 Å². The van der Waals surface area contributed by atoms with Crippen LogP contribution in [0.5, 0.6) is 0 Å². The number of nitrogens with one attached hydrogen (secondary N) is 1. The van der Waals surface area contributed by atoms with E-state index in [2.05, 4.69) is 21.8 Å². The molecule has 0 bridgehead atoms. The van der Waals surface area contributed by atoms with E-state index in [-0.39, 0.29) is 0 Å². The lowest BCUT2D eigenvalue weighted by molar-refractivity contribution is 0.0614. The van der Waals surface area contributed by atoms with Gasteiger partial charge in [-0.2, -0.15) is 0 Å². The Morgan fingerprint density at radius 1 is 1.69 bits per heavy atom. The molecule has 0 aromatic carbocycles. The normalized spacial score (nSPS) is 27.1. The van der Waals surface area contributed by atoms with E-state index in [0.717, 1.165) is 18.5 Å². The third-order valence-corrected chi connectivity index (χ3v) is 2.64. The zero-order valence-corrected chi connectivity index (χ0v) is 10.2. The summed E-state index contributed by atoms with van der Waals surface area (Å²) in [6.07, 6.45) is 0.751. The third-order valence-electron chi connectivity index (χ3n) is 2.64. The van der Waals surface area contributed by atoms with Gasteiger partial charge in [0.1, 0.15) is 0 Å². The molecule has 1 atom stereocenters. The second-order valence-electron chi connectivity index (χ2n) is 4.72. The summed E-state index contributed by atoms with van der Waals surface area (Å²) in [4.78, 5) is 6.24. The summed E-state index contributed by atoms with van der Waals surface area (Å²) >= 11 is 0. The van der Waals surface area contributed by atoms with E-state index < -0.39 is 5.60 Å². The number of likely N-dealkylation sites (tertiary alicyclic amines) is 1. The van der Waals surface area contributed by atoms with Crippen molar-refractivity contribution >= 4 is 5.96 Å². The fourth-order valence-electron chi connectivity index (χ4n) is 1.72. The maximum Gasteiger partial charge on any atom is 0.188 e. The van der Waals surface area contributed by atoms with Crippen molar-refractivity contribution < 1.29 is 5.11 Å². The van der Waals surface area contributed by atoms with Crippen molar-refractivity contribution in [2.24, 2.45) is 10.7 Å². The highest BCUT2D eigenvalue weighted by Gasteiger charge is 2.33. The lowest BCUT2D eigenvalue weighted by Gasteiger charge is -2.20. The molecule has 0 aliphatic carbocycles. The van der Waals surface area contributed by atoms with Crippen LogP contribution in [0.2, 0.25) is 0 Å². The molecule has 5 heteroatoms. The Hall–Kier alpha value is -1.07. The largest absolute Gasteiger partial charge is 0.387 e. The van der Waals surface area contributed by atoms with Crippen molar-refractivity contribution in [3.05, 3.63) is 12.2 Å². The maximum atomic E-state index is 10.1. The fourth-order valence-corrected chi connectivity index (χ4v) is 1.72. The number of nitrogens with two attached hydrogens (primary N) is 1. The zero-order valence-electron chi connectivity index (χ0n) is 10.2. The molecule has 0 amide bonds. The van der Waals surface area contributed by atoms with E-state index in [4.69, 9.17) is 5.73 Å². The van der Waals surface area contributed by atoms with Crippen molar-refractivity contribution in [1.29, 1.82) is 0 Å².